The van der Waals surface area contributed by atoms with Crippen LogP contribution in [0.4, 0.5) is 4.79 Å². The highest BCUT2D eigenvalue weighted by molar-refractivity contribution is 5.68. The van der Waals surface area contributed by atoms with Gasteiger partial charge >= 0.3 is 6.09 Å². The van der Waals surface area contributed by atoms with Crippen LogP contribution in [0, 0.1) is 0 Å². The number of aliphatic hydroxyl groups excluding tert-OH is 1. The van der Waals surface area contributed by atoms with E-state index in [0.717, 1.165) is 32.2 Å². The monoisotopic (exact) mass is 325 g/mol. The zero-order chi connectivity index (χ0) is 16.6. The molecule has 6 nitrogen and oxygen atoms in total. The summed E-state index contributed by atoms with van der Waals surface area (Å²) >= 11 is 0. The molecule has 0 spiro atoms. The third-order valence-electron chi connectivity index (χ3n) is 5.32. The molecule has 2 aliphatic heterocycles. The van der Waals surface area contributed by atoms with Crippen molar-refractivity contribution in [3.8, 4) is 0 Å². The highest BCUT2D eigenvalue weighted by Crippen LogP contribution is 2.27. The first-order valence-electron chi connectivity index (χ1n) is 8.97. The molecule has 2 heterocycles. The van der Waals surface area contributed by atoms with Crippen LogP contribution in [0.5, 0.6) is 0 Å². The Balaban J connectivity index is 1.50. The molecule has 0 aromatic rings. The number of amides is 1. The van der Waals surface area contributed by atoms with Crippen LogP contribution in [-0.4, -0.2) is 89.0 Å². The van der Waals surface area contributed by atoms with Gasteiger partial charge in [0.1, 0.15) is 5.60 Å². The minimum atomic E-state index is -0.492. The molecule has 0 aromatic carbocycles. The molecule has 3 fully saturated rings. The number of hydrogen-bond acceptors (Lipinski definition) is 5. The van der Waals surface area contributed by atoms with E-state index < -0.39 is 11.7 Å². The van der Waals surface area contributed by atoms with E-state index in [9.17, 15) is 9.90 Å². The van der Waals surface area contributed by atoms with Crippen LogP contribution in [0.15, 0.2) is 0 Å². The van der Waals surface area contributed by atoms with E-state index in [1.54, 1.807) is 4.90 Å². The van der Waals surface area contributed by atoms with Gasteiger partial charge in [-0.15, -0.1) is 0 Å². The van der Waals surface area contributed by atoms with Crippen molar-refractivity contribution in [3.05, 3.63) is 0 Å². The Kier molecular flexibility index (Phi) is 4.85. The quantitative estimate of drug-likeness (QED) is 0.825. The highest BCUT2D eigenvalue weighted by Gasteiger charge is 2.40. The lowest BCUT2D eigenvalue weighted by molar-refractivity contribution is 0.0161. The van der Waals surface area contributed by atoms with Crippen molar-refractivity contribution in [1.29, 1.82) is 0 Å². The summed E-state index contributed by atoms with van der Waals surface area (Å²) in [6.07, 6.45) is 3.28. The van der Waals surface area contributed by atoms with Gasteiger partial charge in [-0.25, -0.2) is 4.79 Å². The Hall–Kier alpha value is -0.850. The molecule has 1 saturated carbocycles. The Labute approximate surface area is 139 Å². The summed E-state index contributed by atoms with van der Waals surface area (Å²) < 4.78 is 5.43. The van der Waals surface area contributed by atoms with Gasteiger partial charge in [-0.3, -0.25) is 9.80 Å². The smallest absolute Gasteiger partial charge is 0.410 e. The van der Waals surface area contributed by atoms with Crippen LogP contribution in [0.1, 0.15) is 40.0 Å². The molecule has 2 atom stereocenters. The molecule has 6 heteroatoms. The van der Waals surface area contributed by atoms with E-state index in [4.69, 9.17) is 4.74 Å². The topological polar surface area (TPSA) is 56.2 Å². The molecular formula is C17H31N3O3. The summed E-state index contributed by atoms with van der Waals surface area (Å²) in [7, 11) is 0. The van der Waals surface area contributed by atoms with Gasteiger partial charge in [-0.05, 0) is 33.6 Å². The predicted molar refractivity (Wildman–Crippen MR) is 88.4 cm³/mol. The van der Waals surface area contributed by atoms with Gasteiger partial charge in [0.2, 0.25) is 0 Å². The standard InChI is InChI=1S/C17H31N3O3/c1-17(2,3)23-16(22)20-11-14(15(21)12-20)19-9-7-18(8-10-19)13-5-4-6-13/h13-15,21H,4-12H2,1-3H3/t14-,15-/m1/s1. The van der Waals surface area contributed by atoms with Crippen LogP contribution in [0.3, 0.4) is 0 Å². The van der Waals surface area contributed by atoms with Crippen molar-refractivity contribution in [3.63, 3.8) is 0 Å². The number of β-amino-alcohol motifs (C(OH)–C–C–N with tert-alkyl or cyclic N) is 1. The van der Waals surface area contributed by atoms with E-state index in [1.807, 2.05) is 20.8 Å². The second-order valence-corrected chi connectivity index (χ2v) is 8.18. The zero-order valence-electron chi connectivity index (χ0n) is 14.7. The maximum atomic E-state index is 12.2. The van der Waals surface area contributed by atoms with Gasteiger partial charge in [0.05, 0.1) is 18.7 Å². The number of piperazine rings is 1. The van der Waals surface area contributed by atoms with Crippen molar-refractivity contribution >= 4 is 6.09 Å². The lowest BCUT2D eigenvalue weighted by atomic mass is 9.91. The van der Waals surface area contributed by atoms with E-state index in [2.05, 4.69) is 9.80 Å². The summed E-state index contributed by atoms with van der Waals surface area (Å²) in [4.78, 5) is 18.8. The Morgan fingerprint density at radius 2 is 1.65 bits per heavy atom. The van der Waals surface area contributed by atoms with E-state index in [1.165, 1.54) is 19.3 Å². The summed E-state index contributed by atoms with van der Waals surface area (Å²) in [5.74, 6) is 0. The van der Waals surface area contributed by atoms with Crippen LogP contribution in [-0.2, 0) is 4.74 Å². The first-order valence-corrected chi connectivity index (χ1v) is 8.97. The van der Waals surface area contributed by atoms with Crippen molar-refractivity contribution in [1.82, 2.24) is 14.7 Å². The molecule has 0 unspecified atom stereocenters. The molecule has 132 valence electrons. The summed E-state index contributed by atoms with van der Waals surface area (Å²) in [5.41, 5.74) is -0.492. The number of carbonyl (C=O) groups is 1. The van der Waals surface area contributed by atoms with Gasteiger partial charge < -0.3 is 14.7 Å². The molecule has 23 heavy (non-hydrogen) atoms. The predicted octanol–water partition coefficient (Wildman–Crippen LogP) is 1.14. The summed E-state index contributed by atoms with van der Waals surface area (Å²) in [6, 6.07) is 0.843. The molecular weight excluding hydrogens is 294 g/mol. The maximum Gasteiger partial charge on any atom is 0.410 e. The van der Waals surface area contributed by atoms with Gasteiger partial charge in [-0.1, -0.05) is 6.42 Å². The van der Waals surface area contributed by atoms with E-state index in [-0.39, 0.29) is 12.1 Å². The fourth-order valence-corrected chi connectivity index (χ4v) is 3.79. The van der Waals surface area contributed by atoms with Crippen molar-refractivity contribution in [2.24, 2.45) is 0 Å². The SMILES string of the molecule is CC(C)(C)OC(=O)N1C[C@@H](O)[C@H](N2CCN(C3CCC3)CC2)C1. The molecule has 1 amide bonds. The van der Waals surface area contributed by atoms with Gasteiger partial charge in [0.15, 0.2) is 0 Å². The summed E-state index contributed by atoms with van der Waals surface area (Å²) in [5, 5.41) is 10.4. The third-order valence-corrected chi connectivity index (χ3v) is 5.32. The highest BCUT2D eigenvalue weighted by atomic mass is 16.6. The lowest BCUT2D eigenvalue weighted by Gasteiger charge is -2.44. The Morgan fingerprint density at radius 3 is 2.17 bits per heavy atom. The second kappa shape index (κ2) is 6.57. The van der Waals surface area contributed by atoms with Crippen LogP contribution < -0.4 is 0 Å². The molecule has 3 aliphatic rings. The first-order chi connectivity index (χ1) is 10.8. The summed E-state index contributed by atoms with van der Waals surface area (Å²) in [6.45, 7) is 10.7. The maximum absolute atomic E-state index is 12.2. The van der Waals surface area contributed by atoms with Gasteiger partial charge in [0.25, 0.3) is 0 Å². The largest absolute Gasteiger partial charge is 0.444 e. The molecule has 0 aromatic heterocycles. The van der Waals surface area contributed by atoms with E-state index >= 15 is 0 Å². The minimum Gasteiger partial charge on any atom is -0.444 e. The molecule has 1 N–H and O–H groups in total. The molecule has 0 bridgehead atoms. The van der Waals surface area contributed by atoms with Crippen molar-refractivity contribution in [2.75, 3.05) is 39.3 Å². The van der Waals surface area contributed by atoms with E-state index in [0.29, 0.717) is 13.1 Å². The first kappa shape index (κ1) is 17.0. The Bertz CT molecular complexity index is 425. The van der Waals surface area contributed by atoms with Crippen LogP contribution >= 0.6 is 0 Å². The van der Waals surface area contributed by atoms with Crippen molar-refractivity contribution in [2.45, 2.75) is 63.8 Å². The number of likely N-dealkylation sites (tertiary alicyclic amines) is 1. The fraction of sp³-hybridized carbons (Fsp3) is 0.941. The van der Waals surface area contributed by atoms with Crippen LogP contribution in [0.25, 0.3) is 0 Å². The van der Waals surface area contributed by atoms with Crippen LogP contribution in [0.2, 0.25) is 0 Å². The number of carbonyl (C=O) groups excluding carboxylic acids is 1. The second-order valence-electron chi connectivity index (χ2n) is 8.18. The third kappa shape index (κ3) is 3.98. The molecule has 0 radical (unpaired) electrons. The fourth-order valence-electron chi connectivity index (χ4n) is 3.79. The number of ether oxygens (including phenoxy) is 1. The normalized spacial score (nSPS) is 31.2. The molecule has 1 aliphatic carbocycles. The number of hydrogen-bond donors (Lipinski definition) is 1. The average Bonchev–Trinajstić information content (AvgIpc) is 2.78. The average molecular weight is 325 g/mol. The Morgan fingerprint density at radius 1 is 1.04 bits per heavy atom. The molecule has 2 saturated heterocycles. The number of aliphatic hydroxyl groups is 1. The van der Waals surface area contributed by atoms with Gasteiger partial charge in [0, 0.05) is 38.8 Å². The van der Waals surface area contributed by atoms with Crippen molar-refractivity contribution < 1.29 is 14.6 Å². The number of rotatable bonds is 2. The van der Waals surface area contributed by atoms with Gasteiger partial charge in [-0.2, -0.15) is 0 Å². The molecule has 3 rings (SSSR count). The number of nitrogens with zero attached hydrogens (tertiary/aromatic N) is 3. The minimum absolute atomic E-state index is 0.0473. The zero-order valence-corrected chi connectivity index (χ0v) is 14.7. The lowest BCUT2D eigenvalue weighted by Crippen LogP contribution is -2.56.